The van der Waals surface area contributed by atoms with E-state index in [0.29, 0.717) is 0 Å². The standard InChI is InChI=1S/C2H6O3S.2H2O/c1-6(4)5-2-3;;/h3H,2H2,1H3;2*1H2. The van der Waals surface area contributed by atoms with Gasteiger partial charge in [0.05, 0.1) is 0 Å². The lowest BCUT2D eigenvalue weighted by atomic mass is 11.6. The van der Waals surface area contributed by atoms with E-state index in [1.807, 2.05) is 0 Å². The third-order valence-corrected chi connectivity index (χ3v) is 0.656. The monoisotopic (exact) mass is 146 g/mol. The predicted molar refractivity (Wildman–Crippen MR) is 29.5 cm³/mol. The number of hydrogen-bond acceptors (Lipinski definition) is 3. The van der Waals surface area contributed by atoms with E-state index in [4.69, 9.17) is 5.11 Å². The Balaban J connectivity index is -0.000000125. The van der Waals surface area contributed by atoms with E-state index in [0.717, 1.165) is 0 Å². The molecule has 6 heteroatoms. The zero-order valence-corrected chi connectivity index (χ0v) is 5.20. The van der Waals surface area contributed by atoms with Crippen LogP contribution < -0.4 is 0 Å². The largest absolute Gasteiger partial charge is 0.412 e. The van der Waals surface area contributed by atoms with Gasteiger partial charge in [0.2, 0.25) is 0 Å². The van der Waals surface area contributed by atoms with E-state index in [-0.39, 0.29) is 11.0 Å². The second kappa shape index (κ2) is 10.1. The number of aliphatic hydroxyl groups excluding tert-OH is 1. The predicted octanol–water partition coefficient (Wildman–Crippen LogP) is -2.40. The summed E-state index contributed by atoms with van der Waals surface area (Å²) in [5.41, 5.74) is 0. The Morgan fingerprint density at radius 2 is 2.00 bits per heavy atom. The van der Waals surface area contributed by atoms with Crippen molar-refractivity contribution in [2.45, 2.75) is 0 Å². The van der Waals surface area contributed by atoms with Gasteiger partial charge in [-0.2, -0.15) is 0 Å². The Kier molecular flexibility index (Phi) is 19.7. The molecule has 0 aliphatic heterocycles. The zero-order chi connectivity index (χ0) is 4.99. The van der Waals surface area contributed by atoms with E-state index in [9.17, 15) is 4.21 Å². The molecule has 0 aliphatic carbocycles. The van der Waals surface area contributed by atoms with Crippen LogP contribution in [0.15, 0.2) is 0 Å². The van der Waals surface area contributed by atoms with Gasteiger partial charge in [-0.05, 0) is 0 Å². The number of hydrogen-bond donors (Lipinski definition) is 1. The van der Waals surface area contributed by atoms with Gasteiger partial charge in [-0.15, -0.1) is 0 Å². The fourth-order valence-corrected chi connectivity index (χ4v) is 0.223. The van der Waals surface area contributed by atoms with Crippen molar-refractivity contribution >= 4 is 11.1 Å². The first-order valence-corrected chi connectivity index (χ1v) is 2.83. The molecule has 54 valence electrons. The highest BCUT2D eigenvalue weighted by molar-refractivity contribution is 7.79. The summed E-state index contributed by atoms with van der Waals surface area (Å²) in [5, 5.41) is 7.82. The van der Waals surface area contributed by atoms with Crippen molar-refractivity contribution in [3.05, 3.63) is 0 Å². The van der Waals surface area contributed by atoms with Crippen LogP contribution in [0.5, 0.6) is 0 Å². The van der Waals surface area contributed by atoms with Crippen molar-refractivity contribution < 1.29 is 24.5 Å². The Morgan fingerprint density at radius 3 is 2.00 bits per heavy atom. The molecule has 8 heavy (non-hydrogen) atoms. The lowest BCUT2D eigenvalue weighted by Gasteiger charge is -1.86. The summed E-state index contributed by atoms with van der Waals surface area (Å²) in [5.74, 6) is 0. The zero-order valence-electron chi connectivity index (χ0n) is 4.38. The highest BCUT2D eigenvalue weighted by Crippen LogP contribution is 1.71. The van der Waals surface area contributed by atoms with Crippen molar-refractivity contribution in [3.63, 3.8) is 0 Å². The van der Waals surface area contributed by atoms with Crippen LogP contribution in [0.1, 0.15) is 0 Å². The first-order chi connectivity index (χ1) is 2.77. The molecule has 0 saturated carbocycles. The van der Waals surface area contributed by atoms with Gasteiger partial charge in [0.25, 0.3) is 0 Å². The van der Waals surface area contributed by atoms with Gasteiger partial charge in [0.15, 0.2) is 17.9 Å². The van der Waals surface area contributed by atoms with Crippen molar-refractivity contribution in [2.24, 2.45) is 0 Å². The first-order valence-electron chi connectivity index (χ1n) is 1.35. The van der Waals surface area contributed by atoms with Crippen molar-refractivity contribution in [1.29, 1.82) is 0 Å². The van der Waals surface area contributed by atoms with Gasteiger partial charge in [-0.1, -0.05) is 0 Å². The molecule has 5 N–H and O–H groups in total. The van der Waals surface area contributed by atoms with Crippen LogP contribution >= 0.6 is 0 Å². The lowest BCUT2D eigenvalue weighted by Crippen LogP contribution is -1.93. The molecular weight excluding hydrogens is 136 g/mol. The normalized spacial score (nSPS) is 10.8. The Bertz CT molecular complexity index is 54.4. The van der Waals surface area contributed by atoms with E-state index < -0.39 is 17.9 Å². The van der Waals surface area contributed by atoms with E-state index >= 15 is 0 Å². The Hall–Kier alpha value is -0.0100. The summed E-state index contributed by atoms with van der Waals surface area (Å²) in [6.45, 7) is -0.469. The molecule has 0 saturated heterocycles. The highest BCUT2D eigenvalue weighted by atomic mass is 32.2. The molecule has 1 unspecified atom stereocenters. The Morgan fingerprint density at radius 1 is 1.62 bits per heavy atom. The molecule has 0 rings (SSSR count). The van der Waals surface area contributed by atoms with Gasteiger partial charge >= 0.3 is 0 Å². The molecule has 0 heterocycles. The van der Waals surface area contributed by atoms with E-state index in [1.165, 1.54) is 6.26 Å². The SMILES string of the molecule is CS(=O)OCO.O.O. The van der Waals surface area contributed by atoms with Crippen molar-refractivity contribution in [1.82, 2.24) is 0 Å². The van der Waals surface area contributed by atoms with Gasteiger partial charge in [0.1, 0.15) is 0 Å². The van der Waals surface area contributed by atoms with Crippen LogP contribution in [-0.2, 0) is 15.3 Å². The molecule has 0 amide bonds. The van der Waals surface area contributed by atoms with Gasteiger partial charge < -0.3 is 16.1 Å². The third kappa shape index (κ3) is 16.7. The highest BCUT2D eigenvalue weighted by Gasteiger charge is 1.80. The molecule has 0 aromatic heterocycles. The molecule has 0 spiro atoms. The molecule has 0 radical (unpaired) electrons. The summed E-state index contributed by atoms with van der Waals surface area (Å²) in [6, 6.07) is 0. The van der Waals surface area contributed by atoms with Gasteiger partial charge in [-0.3, -0.25) is 4.18 Å². The fraction of sp³-hybridized carbons (Fsp3) is 1.00. The quantitative estimate of drug-likeness (QED) is 0.438. The molecule has 5 nitrogen and oxygen atoms in total. The Labute approximate surface area is 49.6 Å². The maximum absolute atomic E-state index is 9.77. The molecule has 0 aliphatic rings. The molecule has 0 fully saturated rings. The fourth-order valence-electron chi connectivity index (χ4n) is 0.0742. The minimum Gasteiger partial charge on any atom is -0.412 e. The van der Waals surface area contributed by atoms with Crippen LogP contribution in [0.2, 0.25) is 0 Å². The van der Waals surface area contributed by atoms with Crippen molar-refractivity contribution in [3.8, 4) is 0 Å². The molecule has 0 aromatic rings. The van der Waals surface area contributed by atoms with Gasteiger partial charge in [-0.25, -0.2) is 4.21 Å². The van der Waals surface area contributed by atoms with Crippen LogP contribution in [-0.4, -0.2) is 33.3 Å². The topological polar surface area (TPSA) is 110 Å². The summed E-state index contributed by atoms with van der Waals surface area (Å²) in [7, 11) is 0. The molecular formula is C2H10O5S. The average Bonchev–Trinajstić information content (AvgIpc) is 1.35. The van der Waals surface area contributed by atoms with Crippen LogP contribution in [0.25, 0.3) is 0 Å². The average molecular weight is 146 g/mol. The third-order valence-electron chi connectivity index (χ3n) is 0.219. The smallest absolute Gasteiger partial charge is 0.159 e. The summed E-state index contributed by atoms with van der Waals surface area (Å²) in [4.78, 5) is 0. The van der Waals surface area contributed by atoms with Crippen molar-refractivity contribution in [2.75, 3.05) is 13.0 Å². The summed E-state index contributed by atoms with van der Waals surface area (Å²) < 4.78 is 13.8. The number of aliphatic hydroxyl groups is 1. The molecule has 0 bridgehead atoms. The maximum atomic E-state index is 9.77. The summed E-state index contributed by atoms with van der Waals surface area (Å²) >= 11 is -1.32. The minimum atomic E-state index is -1.32. The number of rotatable bonds is 2. The van der Waals surface area contributed by atoms with E-state index in [1.54, 1.807) is 0 Å². The second-order valence-electron chi connectivity index (χ2n) is 0.648. The minimum absolute atomic E-state index is 0. The van der Waals surface area contributed by atoms with Gasteiger partial charge in [0, 0.05) is 6.26 Å². The molecule has 0 aromatic carbocycles. The van der Waals surface area contributed by atoms with Crippen LogP contribution in [0, 0.1) is 0 Å². The summed E-state index contributed by atoms with van der Waals surface area (Å²) in [6.07, 6.45) is 1.34. The second-order valence-corrected chi connectivity index (χ2v) is 1.69. The first kappa shape index (κ1) is 15.7. The van der Waals surface area contributed by atoms with E-state index in [2.05, 4.69) is 4.18 Å². The van der Waals surface area contributed by atoms with Crippen LogP contribution in [0.3, 0.4) is 0 Å². The van der Waals surface area contributed by atoms with Crippen LogP contribution in [0.4, 0.5) is 0 Å². The maximum Gasteiger partial charge on any atom is 0.159 e. The molecule has 1 atom stereocenters. The lowest BCUT2D eigenvalue weighted by molar-refractivity contribution is 0.113.